The van der Waals surface area contributed by atoms with E-state index < -0.39 is 0 Å². The van der Waals surface area contributed by atoms with Gasteiger partial charge < -0.3 is 11.5 Å². The van der Waals surface area contributed by atoms with Crippen molar-refractivity contribution in [1.82, 2.24) is 4.98 Å². The highest BCUT2D eigenvalue weighted by atomic mass is 14.7. The summed E-state index contributed by atoms with van der Waals surface area (Å²) in [6.07, 6.45) is 5.84. The topological polar surface area (TPSA) is 64.9 Å². The van der Waals surface area contributed by atoms with Crippen LogP contribution in [0.5, 0.6) is 0 Å². The highest BCUT2D eigenvalue weighted by Gasteiger charge is 2.06. The molecule has 12 heavy (non-hydrogen) atoms. The average Bonchev–Trinajstić information content (AvgIpc) is 2.05. The summed E-state index contributed by atoms with van der Waals surface area (Å²) in [5, 5.41) is 0. The average molecular weight is 163 g/mol. The van der Waals surface area contributed by atoms with E-state index in [4.69, 9.17) is 11.5 Å². The predicted molar refractivity (Wildman–Crippen MR) is 50.4 cm³/mol. The number of pyridine rings is 1. The van der Waals surface area contributed by atoms with Gasteiger partial charge in [-0.05, 0) is 12.5 Å². The van der Waals surface area contributed by atoms with Crippen LogP contribution in [0.15, 0.2) is 31.1 Å². The number of nitrogens with two attached hydrogens (primary N) is 2. The summed E-state index contributed by atoms with van der Waals surface area (Å²) in [5.74, 6) is 0. The van der Waals surface area contributed by atoms with Crippen LogP contribution in [0.1, 0.15) is 18.0 Å². The molecule has 0 bridgehead atoms. The lowest BCUT2D eigenvalue weighted by Crippen LogP contribution is -2.11. The van der Waals surface area contributed by atoms with Crippen molar-refractivity contribution in [2.45, 2.75) is 12.5 Å². The predicted octanol–water partition coefficient (Wildman–Crippen LogP) is 1.24. The van der Waals surface area contributed by atoms with Gasteiger partial charge in [-0.25, -0.2) is 0 Å². The molecule has 1 atom stereocenters. The SMILES string of the molecule is C=CCC(N)c1cnccc1N. The summed E-state index contributed by atoms with van der Waals surface area (Å²) in [6, 6.07) is 1.66. The van der Waals surface area contributed by atoms with E-state index in [1.54, 1.807) is 24.5 Å². The normalized spacial score (nSPS) is 12.4. The van der Waals surface area contributed by atoms with E-state index in [0.29, 0.717) is 5.69 Å². The lowest BCUT2D eigenvalue weighted by atomic mass is 10.1. The molecule has 3 heteroatoms. The molecule has 1 aromatic heterocycles. The van der Waals surface area contributed by atoms with Gasteiger partial charge in [0.05, 0.1) is 0 Å². The zero-order chi connectivity index (χ0) is 8.97. The van der Waals surface area contributed by atoms with E-state index in [9.17, 15) is 0 Å². The molecule has 1 aromatic rings. The molecule has 0 aliphatic rings. The number of hydrogen-bond donors (Lipinski definition) is 2. The summed E-state index contributed by atoms with van der Waals surface area (Å²) in [5.41, 5.74) is 13.1. The van der Waals surface area contributed by atoms with Crippen molar-refractivity contribution in [2.24, 2.45) is 5.73 Å². The van der Waals surface area contributed by atoms with Gasteiger partial charge in [0.1, 0.15) is 0 Å². The summed E-state index contributed by atoms with van der Waals surface area (Å²) in [4.78, 5) is 3.95. The molecule has 0 aromatic carbocycles. The third-order valence-corrected chi connectivity index (χ3v) is 1.71. The number of nitrogens with zero attached hydrogens (tertiary/aromatic N) is 1. The maximum atomic E-state index is 5.82. The van der Waals surface area contributed by atoms with Crippen molar-refractivity contribution < 1.29 is 0 Å². The van der Waals surface area contributed by atoms with E-state index >= 15 is 0 Å². The lowest BCUT2D eigenvalue weighted by Gasteiger charge is -2.10. The van der Waals surface area contributed by atoms with Crippen LogP contribution in [0, 0.1) is 0 Å². The fourth-order valence-electron chi connectivity index (χ4n) is 1.03. The second-order valence-electron chi connectivity index (χ2n) is 2.64. The van der Waals surface area contributed by atoms with Crippen LogP contribution in [0.2, 0.25) is 0 Å². The molecule has 1 unspecified atom stereocenters. The van der Waals surface area contributed by atoms with Crippen LogP contribution in [0.25, 0.3) is 0 Å². The van der Waals surface area contributed by atoms with Gasteiger partial charge in [0.15, 0.2) is 0 Å². The van der Waals surface area contributed by atoms with Gasteiger partial charge in [-0.1, -0.05) is 6.08 Å². The fourth-order valence-corrected chi connectivity index (χ4v) is 1.03. The number of nitrogen functional groups attached to an aromatic ring is 1. The Bertz CT molecular complexity index is 270. The van der Waals surface area contributed by atoms with E-state index in [1.807, 2.05) is 0 Å². The molecule has 0 aliphatic carbocycles. The minimum Gasteiger partial charge on any atom is -0.398 e. The molecule has 64 valence electrons. The zero-order valence-electron chi connectivity index (χ0n) is 6.90. The first-order valence-electron chi connectivity index (χ1n) is 3.81. The molecule has 1 rings (SSSR count). The third kappa shape index (κ3) is 1.83. The summed E-state index contributed by atoms with van der Waals surface area (Å²) in [6.45, 7) is 3.61. The minimum atomic E-state index is -0.0869. The standard InChI is InChI=1S/C9H13N3/c1-2-3-8(10)7-6-12-5-4-9(7)11/h2,4-6,8H,1,3,10H2,(H2,11,12). The van der Waals surface area contributed by atoms with Crippen LogP contribution in [-0.2, 0) is 0 Å². The molecule has 3 nitrogen and oxygen atoms in total. The molecule has 0 fully saturated rings. The number of rotatable bonds is 3. The highest BCUT2D eigenvalue weighted by molar-refractivity contribution is 5.46. The number of aromatic nitrogens is 1. The molecule has 0 aliphatic heterocycles. The van der Waals surface area contributed by atoms with Crippen molar-refractivity contribution >= 4 is 5.69 Å². The largest absolute Gasteiger partial charge is 0.398 e. The Morgan fingerprint density at radius 1 is 1.67 bits per heavy atom. The summed E-state index contributed by atoms with van der Waals surface area (Å²) >= 11 is 0. The van der Waals surface area contributed by atoms with E-state index in [0.717, 1.165) is 12.0 Å². The van der Waals surface area contributed by atoms with Crippen molar-refractivity contribution in [1.29, 1.82) is 0 Å². The van der Waals surface area contributed by atoms with Crippen LogP contribution in [0.4, 0.5) is 5.69 Å². The van der Waals surface area contributed by atoms with Crippen LogP contribution >= 0.6 is 0 Å². The minimum absolute atomic E-state index is 0.0869. The Hall–Kier alpha value is -1.35. The quantitative estimate of drug-likeness (QED) is 0.659. The van der Waals surface area contributed by atoms with Crippen LogP contribution in [0.3, 0.4) is 0 Å². The zero-order valence-corrected chi connectivity index (χ0v) is 6.90. The van der Waals surface area contributed by atoms with Crippen molar-refractivity contribution in [3.8, 4) is 0 Å². The van der Waals surface area contributed by atoms with Gasteiger partial charge in [-0.15, -0.1) is 6.58 Å². The van der Waals surface area contributed by atoms with Crippen molar-refractivity contribution in [3.05, 3.63) is 36.7 Å². The lowest BCUT2D eigenvalue weighted by molar-refractivity contribution is 0.740. The Balaban J connectivity index is 2.86. The first-order chi connectivity index (χ1) is 5.75. The van der Waals surface area contributed by atoms with Gasteiger partial charge in [-0.3, -0.25) is 4.98 Å². The van der Waals surface area contributed by atoms with Gasteiger partial charge in [0.25, 0.3) is 0 Å². The Kier molecular flexibility index (Phi) is 2.82. The highest BCUT2D eigenvalue weighted by Crippen LogP contribution is 2.19. The second-order valence-corrected chi connectivity index (χ2v) is 2.64. The van der Waals surface area contributed by atoms with Crippen LogP contribution in [-0.4, -0.2) is 4.98 Å². The smallest absolute Gasteiger partial charge is 0.0393 e. The Morgan fingerprint density at radius 2 is 2.42 bits per heavy atom. The third-order valence-electron chi connectivity index (χ3n) is 1.71. The van der Waals surface area contributed by atoms with E-state index in [1.165, 1.54) is 0 Å². The van der Waals surface area contributed by atoms with Gasteiger partial charge in [0, 0.05) is 29.7 Å². The Morgan fingerprint density at radius 3 is 3.00 bits per heavy atom. The van der Waals surface area contributed by atoms with E-state index in [-0.39, 0.29) is 6.04 Å². The first-order valence-corrected chi connectivity index (χ1v) is 3.81. The molecule has 0 saturated carbocycles. The molecular formula is C9H13N3. The molecule has 0 saturated heterocycles. The van der Waals surface area contributed by atoms with Gasteiger partial charge >= 0.3 is 0 Å². The molecule has 0 radical (unpaired) electrons. The van der Waals surface area contributed by atoms with Crippen molar-refractivity contribution in [2.75, 3.05) is 5.73 Å². The summed E-state index contributed by atoms with van der Waals surface area (Å²) in [7, 11) is 0. The van der Waals surface area contributed by atoms with Crippen molar-refractivity contribution in [3.63, 3.8) is 0 Å². The maximum Gasteiger partial charge on any atom is 0.0393 e. The molecule has 1 heterocycles. The number of anilines is 1. The van der Waals surface area contributed by atoms with Crippen LogP contribution < -0.4 is 11.5 Å². The molecule has 4 N–H and O–H groups in total. The van der Waals surface area contributed by atoms with E-state index in [2.05, 4.69) is 11.6 Å². The Labute approximate surface area is 72.1 Å². The van der Waals surface area contributed by atoms with Gasteiger partial charge in [-0.2, -0.15) is 0 Å². The number of hydrogen-bond acceptors (Lipinski definition) is 3. The maximum absolute atomic E-state index is 5.82. The second kappa shape index (κ2) is 3.88. The first kappa shape index (κ1) is 8.74. The fraction of sp³-hybridized carbons (Fsp3) is 0.222. The van der Waals surface area contributed by atoms with Gasteiger partial charge in [0.2, 0.25) is 0 Å². The molecular weight excluding hydrogens is 150 g/mol. The monoisotopic (exact) mass is 163 g/mol. The molecule has 0 spiro atoms. The molecule has 0 amide bonds. The summed E-state index contributed by atoms with van der Waals surface area (Å²) < 4.78 is 0.